The van der Waals surface area contributed by atoms with Gasteiger partial charge in [0.05, 0.1) is 11.5 Å². The number of H-pyrrole nitrogens is 1. The molecule has 0 aliphatic carbocycles. The summed E-state index contributed by atoms with van der Waals surface area (Å²) in [5, 5.41) is 9.69. The average molecular weight is 300 g/mol. The number of ether oxygens (including phenoxy) is 1. The lowest BCUT2D eigenvalue weighted by atomic mass is 9.73. The van der Waals surface area contributed by atoms with Crippen LogP contribution in [0.5, 0.6) is 0 Å². The summed E-state index contributed by atoms with van der Waals surface area (Å²) >= 11 is 0. The number of carbonyl (C=O) groups is 1. The standard InChI is InChI=1S/C16H20N4O2/c1-12(14-17-11-18-20-14)19-15(21)16(7-9-22-10-8-16)13-5-3-2-4-6-13/h2-6,11-12H,7-10H2,1H3,(H,19,21)(H,17,18,20). The Hall–Kier alpha value is -2.21. The predicted octanol–water partition coefficient (Wildman–Crippen LogP) is 1.73. The van der Waals surface area contributed by atoms with Gasteiger partial charge in [0.25, 0.3) is 0 Å². The molecular weight excluding hydrogens is 280 g/mol. The molecule has 6 nitrogen and oxygen atoms in total. The van der Waals surface area contributed by atoms with Gasteiger partial charge in [-0.2, -0.15) is 5.10 Å². The van der Waals surface area contributed by atoms with Gasteiger partial charge in [-0.3, -0.25) is 9.89 Å². The summed E-state index contributed by atoms with van der Waals surface area (Å²) in [6.07, 6.45) is 2.82. The Morgan fingerprint density at radius 1 is 1.32 bits per heavy atom. The van der Waals surface area contributed by atoms with Gasteiger partial charge in [0.15, 0.2) is 0 Å². The van der Waals surface area contributed by atoms with E-state index in [2.05, 4.69) is 20.5 Å². The summed E-state index contributed by atoms with van der Waals surface area (Å²) in [5.74, 6) is 0.675. The molecule has 2 heterocycles. The molecule has 1 aliphatic rings. The highest BCUT2D eigenvalue weighted by atomic mass is 16.5. The van der Waals surface area contributed by atoms with Crippen molar-refractivity contribution in [2.24, 2.45) is 0 Å². The third-order valence-corrected chi connectivity index (χ3v) is 4.30. The Kier molecular flexibility index (Phi) is 4.20. The van der Waals surface area contributed by atoms with E-state index in [-0.39, 0.29) is 11.9 Å². The maximum absolute atomic E-state index is 13.0. The van der Waals surface area contributed by atoms with Crippen molar-refractivity contribution in [3.05, 3.63) is 48.0 Å². The molecule has 0 radical (unpaired) electrons. The maximum Gasteiger partial charge on any atom is 0.231 e. The molecular formula is C16H20N4O2. The van der Waals surface area contributed by atoms with E-state index in [1.54, 1.807) is 0 Å². The molecule has 1 aliphatic heterocycles. The van der Waals surface area contributed by atoms with Crippen LogP contribution >= 0.6 is 0 Å². The molecule has 2 aromatic rings. The minimum atomic E-state index is -0.534. The normalized spacial score (nSPS) is 18.6. The molecule has 1 fully saturated rings. The number of nitrogens with one attached hydrogen (secondary N) is 2. The van der Waals surface area contributed by atoms with Gasteiger partial charge in [0.1, 0.15) is 12.2 Å². The van der Waals surface area contributed by atoms with Gasteiger partial charge >= 0.3 is 0 Å². The Morgan fingerprint density at radius 3 is 2.68 bits per heavy atom. The third kappa shape index (κ3) is 2.74. The van der Waals surface area contributed by atoms with Crippen molar-refractivity contribution < 1.29 is 9.53 Å². The van der Waals surface area contributed by atoms with Crippen molar-refractivity contribution >= 4 is 5.91 Å². The van der Waals surface area contributed by atoms with Gasteiger partial charge in [-0.15, -0.1) is 0 Å². The van der Waals surface area contributed by atoms with Crippen LogP contribution in [0.1, 0.15) is 37.2 Å². The average Bonchev–Trinajstić information content (AvgIpc) is 3.11. The Morgan fingerprint density at radius 2 is 2.05 bits per heavy atom. The zero-order valence-electron chi connectivity index (χ0n) is 12.6. The fourth-order valence-corrected chi connectivity index (χ4v) is 2.95. The van der Waals surface area contributed by atoms with Gasteiger partial charge in [0, 0.05) is 13.2 Å². The topological polar surface area (TPSA) is 79.9 Å². The van der Waals surface area contributed by atoms with E-state index >= 15 is 0 Å². The van der Waals surface area contributed by atoms with E-state index in [1.807, 2.05) is 37.3 Å². The predicted molar refractivity (Wildman–Crippen MR) is 81.1 cm³/mol. The minimum Gasteiger partial charge on any atom is -0.381 e. The number of nitrogens with zero attached hydrogens (tertiary/aromatic N) is 2. The summed E-state index contributed by atoms with van der Waals surface area (Å²) in [4.78, 5) is 17.1. The number of benzene rings is 1. The molecule has 1 aromatic carbocycles. The second-order valence-corrected chi connectivity index (χ2v) is 5.63. The third-order valence-electron chi connectivity index (χ3n) is 4.30. The van der Waals surface area contributed by atoms with Crippen molar-refractivity contribution in [2.75, 3.05) is 13.2 Å². The zero-order chi connectivity index (χ0) is 15.4. The molecule has 1 unspecified atom stereocenters. The number of hydrogen-bond acceptors (Lipinski definition) is 4. The van der Waals surface area contributed by atoms with Crippen molar-refractivity contribution in [1.82, 2.24) is 20.5 Å². The van der Waals surface area contributed by atoms with E-state index in [4.69, 9.17) is 4.74 Å². The first kappa shape index (κ1) is 14.7. The monoisotopic (exact) mass is 300 g/mol. The number of carbonyl (C=O) groups excluding carboxylic acids is 1. The van der Waals surface area contributed by atoms with E-state index in [9.17, 15) is 4.79 Å². The van der Waals surface area contributed by atoms with Gasteiger partial charge in [0.2, 0.25) is 5.91 Å². The molecule has 1 saturated heterocycles. The molecule has 0 saturated carbocycles. The molecule has 2 N–H and O–H groups in total. The van der Waals surface area contributed by atoms with Crippen LogP contribution in [0.4, 0.5) is 0 Å². The lowest BCUT2D eigenvalue weighted by molar-refractivity contribution is -0.131. The highest BCUT2D eigenvalue weighted by molar-refractivity contribution is 5.88. The molecule has 3 rings (SSSR count). The number of amides is 1. The first-order valence-electron chi connectivity index (χ1n) is 7.52. The summed E-state index contributed by atoms with van der Waals surface area (Å²) in [7, 11) is 0. The first-order chi connectivity index (χ1) is 10.7. The number of hydrogen-bond donors (Lipinski definition) is 2. The van der Waals surface area contributed by atoms with Gasteiger partial charge < -0.3 is 10.1 Å². The minimum absolute atomic E-state index is 0.0194. The largest absolute Gasteiger partial charge is 0.381 e. The first-order valence-corrected chi connectivity index (χ1v) is 7.52. The van der Waals surface area contributed by atoms with Crippen molar-refractivity contribution in [1.29, 1.82) is 0 Å². The van der Waals surface area contributed by atoms with Gasteiger partial charge in [-0.25, -0.2) is 4.98 Å². The molecule has 1 amide bonds. The molecule has 6 heteroatoms. The second kappa shape index (κ2) is 6.27. The van der Waals surface area contributed by atoms with Crippen LogP contribution in [0.3, 0.4) is 0 Å². The van der Waals surface area contributed by atoms with Crippen molar-refractivity contribution in [3.63, 3.8) is 0 Å². The van der Waals surface area contributed by atoms with E-state index in [1.165, 1.54) is 6.33 Å². The number of rotatable bonds is 4. The molecule has 0 bridgehead atoms. The molecule has 0 spiro atoms. The fraction of sp³-hybridized carbons (Fsp3) is 0.438. The summed E-state index contributed by atoms with van der Waals surface area (Å²) in [6.45, 7) is 3.09. The molecule has 1 aromatic heterocycles. The van der Waals surface area contributed by atoms with Crippen LogP contribution in [0.2, 0.25) is 0 Å². The van der Waals surface area contributed by atoms with E-state index in [0.29, 0.717) is 31.9 Å². The van der Waals surface area contributed by atoms with E-state index in [0.717, 1.165) is 5.56 Å². The Bertz CT molecular complexity index is 606. The Balaban J connectivity index is 1.84. The van der Waals surface area contributed by atoms with Crippen LogP contribution in [-0.4, -0.2) is 34.3 Å². The number of aromatic amines is 1. The zero-order valence-corrected chi connectivity index (χ0v) is 12.6. The number of aromatic nitrogens is 3. The van der Waals surface area contributed by atoms with Crippen LogP contribution in [0.15, 0.2) is 36.7 Å². The summed E-state index contributed by atoms with van der Waals surface area (Å²) < 4.78 is 5.47. The lowest BCUT2D eigenvalue weighted by Gasteiger charge is -2.37. The van der Waals surface area contributed by atoms with Crippen LogP contribution in [0.25, 0.3) is 0 Å². The second-order valence-electron chi connectivity index (χ2n) is 5.63. The smallest absolute Gasteiger partial charge is 0.231 e. The van der Waals surface area contributed by atoms with Crippen molar-refractivity contribution in [3.8, 4) is 0 Å². The Labute approximate surface area is 129 Å². The SMILES string of the molecule is CC(NC(=O)C1(c2ccccc2)CCOCC1)c1ncn[nH]1. The maximum atomic E-state index is 13.0. The quantitative estimate of drug-likeness (QED) is 0.901. The van der Waals surface area contributed by atoms with Gasteiger partial charge in [-0.1, -0.05) is 30.3 Å². The highest BCUT2D eigenvalue weighted by Gasteiger charge is 2.42. The van der Waals surface area contributed by atoms with Crippen LogP contribution in [0, 0.1) is 0 Å². The van der Waals surface area contributed by atoms with Crippen LogP contribution < -0.4 is 5.32 Å². The highest BCUT2D eigenvalue weighted by Crippen LogP contribution is 2.35. The fourth-order valence-electron chi connectivity index (χ4n) is 2.95. The van der Waals surface area contributed by atoms with Crippen LogP contribution in [-0.2, 0) is 14.9 Å². The summed E-state index contributed by atoms with van der Waals surface area (Å²) in [6, 6.07) is 9.73. The van der Waals surface area contributed by atoms with Gasteiger partial charge in [-0.05, 0) is 25.3 Å². The molecule has 116 valence electrons. The lowest BCUT2D eigenvalue weighted by Crippen LogP contribution is -2.48. The summed E-state index contributed by atoms with van der Waals surface area (Å²) in [5.41, 5.74) is 0.508. The van der Waals surface area contributed by atoms with E-state index < -0.39 is 5.41 Å². The molecule has 22 heavy (non-hydrogen) atoms. The molecule has 1 atom stereocenters. The van der Waals surface area contributed by atoms with Crippen molar-refractivity contribution in [2.45, 2.75) is 31.2 Å².